The minimum Gasteiger partial charge on any atom is -0.431 e. The van der Waals surface area contributed by atoms with E-state index in [4.69, 9.17) is 31.3 Å². The van der Waals surface area contributed by atoms with Crippen LogP contribution in [0.2, 0.25) is 0 Å². The molecule has 7 nitrogen and oxygen atoms in total. The Kier molecular flexibility index (Phi) is 5.11. The zero-order valence-corrected chi connectivity index (χ0v) is 16.7. The molecule has 1 atom stereocenters. The molecule has 2 aliphatic heterocycles. The van der Waals surface area contributed by atoms with Gasteiger partial charge >= 0.3 is 0 Å². The van der Waals surface area contributed by atoms with Gasteiger partial charge in [0, 0.05) is 18.7 Å². The van der Waals surface area contributed by atoms with Gasteiger partial charge in [0.2, 0.25) is 12.3 Å². The number of rotatable bonds is 4. The Balaban J connectivity index is 1.86. The molecule has 140 valence electrons. The SMILES string of the molecule is Cc1nn(CCC#N)c2c1[P@@](=S)(N1CCOCC1)OC(c1ccccc1)=N2. The molecule has 1 saturated heterocycles. The van der Waals surface area contributed by atoms with Gasteiger partial charge in [0.15, 0.2) is 5.82 Å². The molecule has 1 aromatic heterocycles. The van der Waals surface area contributed by atoms with Crippen molar-refractivity contribution in [3.8, 4) is 6.07 Å². The Morgan fingerprint density at radius 1 is 1.26 bits per heavy atom. The lowest BCUT2D eigenvalue weighted by atomic mass is 10.2. The van der Waals surface area contributed by atoms with Crippen LogP contribution in [0.3, 0.4) is 0 Å². The summed E-state index contributed by atoms with van der Waals surface area (Å²) in [7, 11) is 0. The molecule has 3 heterocycles. The van der Waals surface area contributed by atoms with Crippen LogP contribution in [-0.2, 0) is 27.6 Å². The minimum atomic E-state index is -2.56. The predicted octanol–water partition coefficient (Wildman–Crippen LogP) is 2.48. The number of aliphatic imine (C=N–C) groups is 1. The van der Waals surface area contributed by atoms with Crippen LogP contribution in [0.15, 0.2) is 35.3 Å². The molecule has 0 unspecified atom stereocenters. The summed E-state index contributed by atoms with van der Waals surface area (Å²) < 4.78 is 16.0. The lowest BCUT2D eigenvalue weighted by molar-refractivity contribution is 0.0723. The Labute approximate surface area is 163 Å². The first kappa shape index (κ1) is 18.3. The van der Waals surface area contributed by atoms with Crippen molar-refractivity contribution in [1.29, 1.82) is 5.26 Å². The van der Waals surface area contributed by atoms with Crippen LogP contribution in [0.25, 0.3) is 0 Å². The van der Waals surface area contributed by atoms with Crippen LogP contribution in [0.4, 0.5) is 5.82 Å². The molecule has 27 heavy (non-hydrogen) atoms. The fourth-order valence-corrected chi connectivity index (χ4v) is 7.08. The van der Waals surface area contributed by atoms with Gasteiger partial charge in [0.05, 0.1) is 37.9 Å². The molecule has 4 rings (SSSR count). The third-order valence-corrected chi connectivity index (χ3v) is 8.70. The molecule has 1 fully saturated rings. The molecule has 0 amide bonds. The van der Waals surface area contributed by atoms with E-state index in [0.717, 1.165) is 35.5 Å². The number of benzene rings is 1. The van der Waals surface area contributed by atoms with Crippen molar-refractivity contribution in [3.63, 3.8) is 0 Å². The summed E-state index contributed by atoms with van der Waals surface area (Å²) in [5, 5.41) is 14.5. The first-order valence-electron chi connectivity index (χ1n) is 8.85. The predicted molar refractivity (Wildman–Crippen MR) is 107 cm³/mol. The first-order valence-corrected chi connectivity index (χ1v) is 11.5. The summed E-state index contributed by atoms with van der Waals surface area (Å²) in [4.78, 5) is 4.77. The van der Waals surface area contributed by atoms with Crippen molar-refractivity contribution in [2.24, 2.45) is 4.99 Å². The third-order valence-electron chi connectivity index (χ3n) is 4.59. The average molecular weight is 401 g/mol. The van der Waals surface area contributed by atoms with Gasteiger partial charge in [0.1, 0.15) is 5.30 Å². The van der Waals surface area contributed by atoms with E-state index in [1.807, 2.05) is 37.3 Å². The Morgan fingerprint density at radius 2 is 2.00 bits per heavy atom. The number of aryl methyl sites for hydroxylation is 2. The van der Waals surface area contributed by atoms with Gasteiger partial charge in [-0.3, -0.25) is 0 Å². The summed E-state index contributed by atoms with van der Waals surface area (Å²) >= 11 is 6.18. The second-order valence-corrected chi connectivity index (χ2v) is 10.1. The molecule has 0 spiro atoms. The van der Waals surface area contributed by atoms with Crippen LogP contribution in [0.1, 0.15) is 17.7 Å². The molecule has 0 radical (unpaired) electrons. The number of nitriles is 1. The molecule has 0 bridgehead atoms. The van der Waals surface area contributed by atoms with E-state index < -0.39 is 6.42 Å². The monoisotopic (exact) mass is 401 g/mol. The van der Waals surface area contributed by atoms with Gasteiger partial charge in [-0.25, -0.2) is 9.35 Å². The number of hydrogen-bond acceptors (Lipinski definition) is 6. The molecule has 0 aliphatic carbocycles. The molecule has 2 aliphatic rings. The highest BCUT2D eigenvalue weighted by molar-refractivity contribution is 8.15. The summed E-state index contributed by atoms with van der Waals surface area (Å²) in [6.07, 6.45) is -2.19. The number of nitrogens with zero attached hydrogens (tertiary/aromatic N) is 5. The van der Waals surface area contributed by atoms with Gasteiger partial charge in [-0.1, -0.05) is 18.2 Å². The Bertz CT molecular complexity index is 960. The summed E-state index contributed by atoms with van der Waals surface area (Å²) in [6.45, 7) is 5.14. The lowest BCUT2D eigenvalue weighted by Gasteiger charge is -2.38. The largest absolute Gasteiger partial charge is 0.431 e. The smallest absolute Gasteiger partial charge is 0.227 e. The number of ether oxygens (including phenoxy) is 1. The van der Waals surface area contributed by atoms with Gasteiger partial charge < -0.3 is 9.26 Å². The van der Waals surface area contributed by atoms with Crippen LogP contribution in [0.5, 0.6) is 0 Å². The van der Waals surface area contributed by atoms with Crippen molar-refractivity contribution in [3.05, 3.63) is 41.6 Å². The number of aromatic nitrogens is 2. The fourth-order valence-electron chi connectivity index (χ4n) is 3.31. The lowest BCUT2D eigenvalue weighted by Crippen LogP contribution is -2.39. The molecular formula is C18H20N5O2PS. The van der Waals surface area contributed by atoms with Gasteiger partial charge in [-0.05, 0) is 30.9 Å². The van der Waals surface area contributed by atoms with Gasteiger partial charge in [-0.2, -0.15) is 15.4 Å². The van der Waals surface area contributed by atoms with Crippen LogP contribution in [0, 0.1) is 18.3 Å². The zero-order valence-electron chi connectivity index (χ0n) is 15.0. The topological polar surface area (TPSA) is 75.7 Å². The standard InChI is InChI=1S/C18H20N5O2PS/c1-14-16-17(23(21-14)9-5-8-19)20-18(15-6-3-2-4-7-15)25-26(16,27)22-10-12-24-13-11-22/h2-4,6-7H,5,9-13H2,1H3/t26-/m1/s1. The fraction of sp³-hybridized carbons (Fsp3) is 0.389. The van der Waals surface area contributed by atoms with Crippen molar-refractivity contribution >= 4 is 35.2 Å². The van der Waals surface area contributed by atoms with Crippen molar-refractivity contribution in [2.75, 3.05) is 26.3 Å². The number of morpholine rings is 1. The second kappa shape index (κ2) is 7.53. The molecular weight excluding hydrogens is 381 g/mol. The maximum atomic E-state index is 8.99. The number of fused-ring (bicyclic) bond motifs is 1. The van der Waals surface area contributed by atoms with Crippen LogP contribution in [-0.4, -0.2) is 46.7 Å². The summed E-state index contributed by atoms with van der Waals surface area (Å²) in [6, 6.07) is 12.0. The van der Waals surface area contributed by atoms with E-state index in [2.05, 4.69) is 15.8 Å². The highest BCUT2D eigenvalue weighted by atomic mass is 32.4. The van der Waals surface area contributed by atoms with E-state index in [1.165, 1.54) is 0 Å². The quantitative estimate of drug-likeness (QED) is 0.733. The van der Waals surface area contributed by atoms with Crippen molar-refractivity contribution < 1.29 is 9.26 Å². The van der Waals surface area contributed by atoms with Crippen LogP contribution >= 0.6 is 6.42 Å². The van der Waals surface area contributed by atoms with Crippen molar-refractivity contribution in [1.82, 2.24) is 14.5 Å². The van der Waals surface area contributed by atoms with E-state index in [-0.39, 0.29) is 0 Å². The Morgan fingerprint density at radius 3 is 2.70 bits per heavy atom. The van der Waals surface area contributed by atoms with E-state index in [9.17, 15) is 0 Å². The van der Waals surface area contributed by atoms with E-state index >= 15 is 0 Å². The van der Waals surface area contributed by atoms with Gasteiger partial charge in [0.25, 0.3) is 0 Å². The Hall–Kier alpha value is -2.04. The normalized spacial score (nSPS) is 22.4. The summed E-state index contributed by atoms with van der Waals surface area (Å²) in [5.41, 5.74) is 1.71. The molecule has 9 heteroatoms. The zero-order chi connectivity index (χ0) is 18.9. The average Bonchev–Trinajstić information content (AvgIpc) is 3.04. The van der Waals surface area contributed by atoms with Crippen molar-refractivity contribution in [2.45, 2.75) is 19.9 Å². The first-order chi connectivity index (χ1) is 13.1. The van der Waals surface area contributed by atoms with E-state index in [1.54, 1.807) is 4.68 Å². The van der Waals surface area contributed by atoms with E-state index in [0.29, 0.717) is 32.1 Å². The molecule has 1 aromatic carbocycles. The number of hydrogen-bond donors (Lipinski definition) is 0. The molecule has 2 aromatic rings. The maximum absolute atomic E-state index is 8.99. The second-order valence-electron chi connectivity index (χ2n) is 6.35. The minimum absolute atomic E-state index is 0.366. The third kappa shape index (κ3) is 3.32. The van der Waals surface area contributed by atoms with Crippen LogP contribution < -0.4 is 5.30 Å². The summed E-state index contributed by atoms with van der Waals surface area (Å²) in [5.74, 6) is 1.25. The highest BCUT2D eigenvalue weighted by Crippen LogP contribution is 2.56. The van der Waals surface area contributed by atoms with Gasteiger partial charge in [-0.15, -0.1) is 0 Å². The molecule has 0 N–H and O–H groups in total. The molecule has 0 saturated carbocycles. The highest BCUT2D eigenvalue weighted by Gasteiger charge is 2.41. The maximum Gasteiger partial charge on any atom is 0.227 e.